The van der Waals surface area contributed by atoms with Gasteiger partial charge in [0.25, 0.3) is 0 Å². The smallest absolute Gasteiger partial charge is 0.291 e. The van der Waals surface area contributed by atoms with Crippen LogP contribution >= 0.6 is 33.2 Å². The monoisotopic (exact) mass is 299 g/mol. The van der Waals surface area contributed by atoms with E-state index in [1.807, 2.05) is 12.4 Å². The van der Waals surface area contributed by atoms with E-state index in [1.54, 1.807) is 5.70 Å². The summed E-state index contributed by atoms with van der Waals surface area (Å²) in [5.41, 5.74) is 1.73. The minimum Gasteiger partial charge on any atom is -0.291 e. The highest BCUT2D eigenvalue weighted by atomic mass is 35.8. The van der Waals surface area contributed by atoms with E-state index in [2.05, 4.69) is 0 Å². The zero-order valence-electron chi connectivity index (χ0n) is 9.35. The Labute approximate surface area is 113 Å². The van der Waals surface area contributed by atoms with Gasteiger partial charge in [-0.1, -0.05) is 37.5 Å². The van der Waals surface area contributed by atoms with E-state index < -0.39 is 6.00 Å². The summed E-state index contributed by atoms with van der Waals surface area (Å²) in [6, 6.07) is -2.55. The molecule has 0 aromatic heterocycles. The summed E-state index contributed by atoms with van der Waals surface area (Å²) >= 11 is 17.1. The summed E-state index contributed by atoms with van der Waals surface area (Å²) in [6.45, 7) is 0. The van der Waals surface area contributed by atoms with E-state index >= 15 is 0 Å². The van der Waals surface area contributed by atoms with Crippen molar-refractivity contribution in [1.82, 2.24) is 0 Å². The van der Waals surface area contributed by atoms with E-state index in [0.717, 1.165) is 25.7 Å². The third-order valence-corrected chi connectivity index (χ3v) is 3.95. The fraction of sp³-hybridized carbons (Fsp3) is 0.727. The highest BCUT2D eigenvalue weighted by Gasteiger charge is 2.19. The molecule has 0 bridgehead atoms. The molecule has 16 heavy (non-hydrogen) atoms. The van der Waals surface area contributed by atoms with Crippen LogP contribution in [-0.4, -0.2) is 12.3 Å². The first kappa shape index (κ1) is 16.5. The molecule has 1 nitrogen and oxygen atoms in total. The molecule has 0 atom stereocenters. The third-order valence-electron chi connectivity index (χ3n) is 2.21. The summed E-state index contributed by atoms with van der Waals surface area (Å²) < 4.78 is 0. The molecule has 0 fully saturated rings. The van der Waals surface area contributed by atoms with E-state index in [-0.39, 0.29) is 0 Å². The van der Waals surface area contributed by atoms with Crippen molar-refractivity contribution in [2.24, 2.45) is 0 Å². The summed E-state index contributed by atoms with van der Waals surface area (Å²) in [6.07, 6.45) is 12.3. The van der Waals surface area contributed by atoms with Crippen molar-refractivity contribution in [2.45, 2.75) is 51.4 Å². The summed E-state index contributed by atoms with van der Waals surface area (Å²) in [5, 5.41) is 0. The van der Waals surface area contributed by atoms with Crippen LogP contribution in [0.3, 0.4) is 0 Å². The largest absolute Gasteiger partial charge is 0.365 e. The van der Waals surface area contributed by atoms with Crippen LogP contribution in [0.1, 0.15) is 51.4 Å². The average Bonchev–Trinajstić information content (AvgIpc) is 2.19. The quantitative estimate of drug-likeness (QED) is 0.316. The fourth-order valence-corrected chi connectivity index (χ4v) is 2.62. The lowest BCUT2D eigenvalue weighted by atomic mass is 10.1. The second-order valence-electron chi connectivity index (χ2n) is 3.75. The van der Waals surface area contributed by atoms with Crippen LogP contribution in [0.15, 0.2) is 11.8 Å². The summed E-state index contributed by atoms with van der Waals surface area (Å²) in [5.74, 6) is 0. The van der Waals surface area contributed by atoms with Crippen LogP contribution in [-0.2, 0) is 4.79 Å². The van der Waals surface area contributed by atoms with Gasteiger partial charge in [0.1, 0.15) is 0 Å². The molecule has 1 radical (unpaired) electrons. The molecule has 0 rings (SSSR count). The number of hydrogen-bond acceptors (Lipinski definition) is 1. The Kier molecular flexibility index (Phi) is 11.0. The Bertz CT molecular complexity index is 202. The van der Waals surface area contributed by atoms with Crippen LogP contribution in [0.2, 0.25) is 0 Å². The zero-order chi connectivity index (χ0) is 12.3. The van der Waals surface area contributed by atoms with Crippen molar-refractivity contribution >= 4 is 45.5 Å². The second kappa shape index (κ2) is 10.6. The van der Waals surface area contributed by atoms with Crippen molar-refractivity contribution in [1.29, 1.82) is 0 Å². The van der Waals surface area contributed by atoms with E-state index in [4.69, 9.17) is 33.2 Å². The minimum absolute atomic E-state index is 0.580. The molecule has 0 aromatic carbocycles. The lowest BCUT2D eigenvalue weighted by Gasteiger charge is -2.00. The minimum atomic E-state index is -2.55. The first-order chi connectivity index (χ1) is 7.56. The number of hydrogen-bond donors (Lipinski definition) is 0. The van der Waals surface area contributed by atoms with Crippen LogP contribution in [0.25, 0.3) is 0 Å². The zero-order valence-corrected chi connectivity index (χ0v) is 12.6. The molecule has 0 N–H and O–H groups in total. The Morgan fingerprint density at radius 1 is 0.938 bits per heavy atom. The van der Waals surface area contributed by atoms with Gasteiger partial charge in [-0.05, 0) is 19.3 Å². The van der Waals surface area contributed by atoms with Crippen molar-refractivity contribution in [3.05, 3.63) is 11.8 Å². The number of rotatable bonds is 10. The van der Waals surface area contributed by atoms with Gasteiger partial charge in [0.2, 0.25) is 0 Å². The number of allylic oxidation sites excluding steroid dienone is 1. The van der Waals surface area contributed by atoms with Gasteiger partial charge >= 0.3 is 6.00 Å². The predicted molar refractivity (Wildman–Crippen MR) is 75.1 cm³/mol. The van der Waals surface area contributed by atoms with Crippen molar-refractivity contribution in [3.8, 4) is 0 Å². The van der Waals surface area contributed by atoms with Gasteiger partial charge in [-0.15, -0.1) is 33.2 Å². The van der Waals surface area contributed by atoms with Crippen molar-refractivity contribution < 1.29 is 4.79 Å². The van der Waals surface area contributed by atoms with E-state index in [0.29, 0.717) is 6.42 Å². The van der Waals surface area contributed by atoms with Crippen LogP contribution in [0.5, 0.6) is 0 Å². The lowest BCUT2D eigenvalue weighted by molar-refractivity contribution is 0.541. The van der Waals surface area contributed by atoms with Gasteiger partial charge in [0.15, 0.2) is 6.29 Å². The molecule has 0 saturated heterocycles. The van der Waals surface area contributed by atoms with Gasteiger partial charge in [0, 0.05) is 6.42 Å². The molecule has 0 saturated carbocycles. The van der Waals surface area contributed by atoms with Crippen LogP contribution in [0.4, 0.5) is 0 Å². The number of carbonyl (C=O) groups excluding carboxylic acids is 1. The van der Waals surface area contributed by atoms with Gasteiger partial charge in [-0.3, -0.25) is 4.79 Å². The van der Waals surface area contributed by atoms with Gasteiger partial charge in [0.05, 0.1) is 0 Å². The Balaban J connectivity index is 3.16. The van der Waals surface area contributed by atoms with Gasteiger partial charge < -0.3 is 0 Å². The Morgan fingerprint density at radius 3 is 2.06 bits per heavy atom. The average molecular weight is 301 g/mol. The Morgan fingerprint density at radius 2 is 1.50 bits per heavy atom. The fourth-order valence-electron chi connectivity index (χ4n) is 1.38. The molecular formula is C11H18Cl3OSi. The number of unbranched alkanes of at least 4 members (excludes halogenated alkanes) is 7. The molecule has 0 spiro atoms. The standard InChI is InChI=1S/C11H18Cl3OSi/c12-16(13,14)11-9-7-5-3-1-2-4-6-8-10-15/h9,11H,1-8H2/b11-9+. The normalized spacial score (nSPS) is 12.2. The molecule has 0 amide bonds. The van der Waals surface area contributed by atoms with Crippen LogP contribution < -0.4 is 0 Å². The summed E-state index contributed by atoms with van der Waals surface area (Å²) in [4.78, 5) is 9.93. The second-order valence-corrected chi connectivity index (χ2v) is 12.3. The molecule has 0 aliphatic carbocycles. The molecule has 0 heterocycles. The molecule has 0 unspecified atom stereocenters. The molecule has 5 heteroatoms. The van der Waals surface area contributed by atoms with E-state index in [1.165, 1.54) is 19.3 Å². The Hall–Kier alpha value is 0.497. The highest BCUT2D eigenvalue weighted by Crippen LogP contribution is 2.21. The molecule has 0 aromatic rings. The third kappa shape index (κ3) is 14.5. The first-order valence-electron chi connectivity index (χ1n) is 5.65. The van der Waals surface area contributed by atoms with Crippen LogP contribution in [0, 0.1) is 0 Å². The lowest BCUT2D eigenvalue weighted by Crippen LogP contribution is -2.02. The topological polar surface area (TPSA) is 17.1 Å². The number of halogens is 3. The van der Waals surface area contributed by atoms with Crippen molar-refractivity contribution in [3.63, 3.8) is 0 Å². The SMILES string of the molecule is O=[C]CCCCCCCC/C=C/[Si](Cl)(Cl)Cl. The first-order valence-corrected chi connectivity index (χ1v) is 10.8. The van der Waals surface area contributed by atoms with Gasteiger partial charge in [-0.25, -0.2) is 0 Å². The van der Waals surface area contributed by atoms with Crippen molar-refractivity contribution in [2.75, 3.05) is 0 Å². The highest BCUT2D eigenvalue weighted by molar-refractivity contribution is 7.66. The molecular weight excluding hydrogens is 283 g/mol. The predicted octanol–water partition coefficient (Wildman–Crippen LogP) is 4.97. The maximum absolute atomic E-state index is 9.93. The summed E-state index contributed by atoms with van der Waals surface area (Å²) in [7, 11) is 0. The molecule has 0 aliphatic rings. The van der Waals surface area contributed by atoms with E-state index in [9.17, 15) is 4.79 Å². The maximum Gasteiger partial charge on any atom is 0.365 e. The molecule has 0 aliphatic heterocycles. The molecule has 93 valence electrons. The maximum atomic E-state index is 9.93. The van der Waals surface area contributed by atoms with Gasteiger partial charge in [-0.2, -0.15) is 0 Å².